The molecule has 1 saturated heterocycles. The highest BCUT2D eigenvalue weighted by Crippen LogP contribution is 2.37. The molecule has 160 valence electrons. The molecule has 8 nitrogen and oxygen atoms in total. The first-order valence-electron chi connectivity index (χ1n) is 9.43. The highest BCUT2D eigenvalue weighted by Gasteiger charge is 2.45. The van der Waals surface area contributed by atoms with E-state index in [9.17, 15) is 9.59 Å². The number of amides is 3. The molecule has 2 aromatic heterocycles. The van der Waals surface area contributed by atoms with Crippen molar-refractivity contribution in [1.82, 2.24) is 25.2 Å². The fraction of sp³-hybridized carbons (Fsp3) is 0.250. The Balaban J connectivity index is 1.43. The summed E-state index contributed by atoms with van der Waals surface area (Å²) < 4.78 is 1.69. The SMILES string of the molecule is CC1(C)C(=O)NC(=O)N1CCNc1ncc(Br)c(-c2cnc(Sc3ccccc3)s2)n1. The molecule has 11 heteroatoms. The van der Waals surface area contributed by atoms with Gasteiger partial charge in [-0.25, -0.2) is 19.7 Å². The lowest BCUT2D eigenvalue weighted by Crippen LogP contribution is -2.46. The number of nitrogens with zero attached hydrogens (tertiary/aromatic N) is 4. The topological polar surface area (TPSA) is 100 Å². The Morgan fingerprint density at radius 1 is 1.19 bits per heavy atom. The van der Waals surface area contributed by atoms with Crippen molar-refractivity contribution in [3.05, 3.63) is 47.2 Å². The van der Waals surface area contributed by atoms with E-state index in [1.807, 2.05) is 30.3 Å². The standard InChI is InChI=1S/C20H19BrN6O2S2/c1-20(2)16(28)26-18(29)27(20)9-8-22-17-23-10-13(21)15(25-17)14-11-24-19(31-14)30-12-6-4-3-5-7-12/h3-7,10-11H,8-9H2,1-2H3,(H,22,23,25)(H,26,28,29). The quantitative estimate of drug-likeness (QED) is 0.450. The van der Waals surface area contributed by atoms with E-state index in [0.717, 1.165) is 24.3 Å². The summed E-state index contributed by atoms with van der Waals surface area (Å²) in [6.07, 6.45) is 3.49. The van der Waals surface area contributed by atoms with E-state index in [4.69, 9.17) is 0 Å². The first-order valence-corrected chi connectivity index (χ1v) is 11.9. The molecule has 0 spiro atoms. The summed E-state index contributed by atoms with van der Waals surface area (Å²) in [5.41, 5.74) is -0.135. The van der Waals surface area contributed by atoms with Crippen LogP contribution in [0.25, 0.3) is 10.6 Å². The van der Waals surface area contributed by atoms with Crippen LogP contribution in [0.2, 0.25) is 0 Å². The van der Waals surface area contributed by atoms with Gasteiger partial charge >= 0.3 is 6.03 Å². The number of halogens is 1. The number of carbonyl (C=O) groups is 2. The van der Waals surface area contributed by atoms with Gasteiger partial charge in [-0.2, -0.15) is 0 Å². The zero-order valence-corrected chi connectivity index (χ0v) is 20.0. The number of thiazole rings is 1. The molecule has 0 atom stereocenters. The third-order valence-corrected chi connectivity index (χ3v) is 7.39. The van der Waals surface area contributed by atoms with Crippen molar-refractivity contribution >= 4 is 56.9 Å². The van der Waals surface area contributed by atoms with E-state index >= 15 is 0 Å². The minimum absolute atomic E-state index is 0.297. The highest BCUT2D eigenvalue weighted by molar-refractivity contribution is 9.10. The van der Waals surface area contributed by atoms with Gasteiger partial charge in [-0.15, -0.1) is 11.3 Å². The van der Waals surface area contributed by atoms with Crippen LogP contribution >= 0.6 is 39.0 Å². The molecule has 1 aromatic carbocycles. The maximum absolute atomic E-state index is 12.0. The zero-order chi connectivity index (χ0) is 22.0. The third kappa shape index (κ3) is 4.73. The summed E-state index contributed by atoms with van der Waals surface area (Å²) in [6, 6.07) is 9.69. The monoisotopic (exact) mass is 518 g/mol. The van der Waals surface area contributed by atoms with Crippen molar-refractivity contribution in [2.75, 3.05) is 18.4 Å². The smallest absolute Gasteiger partial charge is 0.325 e. The van der Waals surface area contributed by atoms with Crippen LogP contribution in [0.4, 0.5) is 10.7 Å². The van der Waals surface area contributed by atoms with Gasteiger partial charge < -0.3 is 10.2 Å². The number of anilines is 1. The van der Waals surface area contributed by atoms with Gasteiger partial charge in [-0.05, 0) is 41.9 Å². The fourth-order valence-corrected chi connectivity index (χ4v) is 5.50. The average Bonchev–Trinajstić information content (AvgIpc) is 3.27. The lowest BCUT2D eigenvalue weighted by molar-refractivity contribution is -0.125. The molecule has 0 unspecified atom stereocenters. The third-order valence-electron chi connectivity index (χ3n) is 4.72. The minimum atomic E-state index is -0.875. The van der Waals surface area contributed by atoms with Crippen molar-refractivity contribution in [2.24, 2.45) is 0 Å². The molecule has 2 N–H and O–H groups in total. The second-order valence-electron chi connectivity index (χ2n) is 7.19. The maximum Gasteiger partial charge on any atom is 0.325 e. The Bertz CT molecular complexity index is 1120. The second kappa shape index (κ2) is 8.93. The number of aromatic nitrogens is 3. The summed E-state index contributed by atoms with van der Waals surface area (Å²) in [5.74, 6) is 0.140. The van der Waals surface area contributed by atoms with Gasteiger partial charge in [0.2, 0.25) is 5.95 Å². The van der Waals surface area contributed by atoms with Crippen LogP contribution in [0.15, 0.2) is 56.4 Å². The van der Waals surface area contributed by atoms with Crippen molar-refractivity contribution in [1.29, 1.82) is 0 Å². The highest BCUT2D eigenvalue weighted by atomic mass is 79.9. The molecule has 3 amide bonds. The van der Waals surface area contributed by atoms with Crippen LogP contribution < -0.4 is 10.6 Å². The summed E-state index contributed by atoms with van der Waals surface area (Å²) in [4.78, 5) is 40.8. The molecule has 0 saturated carbocycles. The summed E-state index contributed by atoms with van der Waals surface area (Å²) in [6.45, 7) is 4.19. The number of benzene rings is 1. The number of hydrogen-bond acceptors (Lipinski definition) is 8. The summed E-state index contributed by atoms with van der Waals surface area (Å²) in [5, 5.41) is 5.47. The van der Waals surface area contributed by atoms with Crippen LogP contribution in [-0.2, 0) is 4.79 Å². The molecule has 1 aliphatic rings. The van der Waals surface area contributed by atoms with Crippen molar-refractivity contribution in [3.8, 4) is 10.6 Å². The van der Waals surface area contributed by atoms with Gasteiger partial charge in [-0.3, -0.25) is 10.1 Å². The van der Waals surface area contributed by atoms with E-state index in [2.05, 4.69) is 41.5 Å². The van der Waals surface area contributed by atoms with Crippen LogP contribution in [0.3, 0.4) is 0 Å². The Labute approximate surface area is 196 Å². The average molecular weight is 519 g/mol. The van der Waals surface area contributed by atoms with Gasteiger partial charge in [0, 0.05) is 30.4 Å². The first kappa shape index (κ1) is 21.7. The number of imide groups is 1. The van der Waals surface area contributed by atoms with E-state index in [-0.39, 0.29) is 11.9 Å². The largest absolute Gasteiger partial charge is 0.352 e. The molecule has 31 heavy (non-hydrogen) atoms. The van der Waals surface area contributed by atoms with Crippen LogP contribution in [0.1, 0.15) is 13.8 Å². The number of hydrogen-bond donors (Lipinski definition) is 2. The van der Waals surface area contributed by atoms with Crippen LogP contribution in [0.5, 0.6) is 0 Å². The predicted molar refractivity (Wildman–Crippen MR) is 124 cm³/mol. The molecule has 4 rings (SSSR count). The minimum Gasteiger partial charge on any atom is -0.352 e. The van der Waals surface area contributed by atoms with Crippen molar-refractivity contribution in [3.63, 3.8) is 0 Å². The van der Waals surface area contributed by atoms with Gasteiger partial charge in [0.05, 0.1) is 9.35 Å². The van der Waals surface area contributed by atoms with Crippen LogP contribution in [0, 0.1) is 0 Å². The zero-order valence-electron chi connectivity index (χ0n) is 16.8. The summed E-state index contributed by atoms with van der Waals surface area (Å²) in [7, 11) is 0. The second-order valence-corrected chi connectivity index (χ2v) is 10.4. The van der Waals surface area contributed by atoms with Crippen molar-refractivity contribution in [2.45, 2.75) is 28.6 Å². The van der Waals surface area contributed by atoms with E-state index in [0.29, 0.717) is 19.0 Å². The Hall–Kier alpha value is -2.50. The molecule has 0 bridgehead atoms. The molecule has 0 radical (unpaired) electrons. The number of urea groups is 1. The molecule has 0 aliphatic carbocycles. The molecule has 3 heterocycles. The molecule has 1 aliphatic heterocycles. The first-order chi connectivity index (χ1) is 14.8. The van der Waals surface area contributed by atoms with E-state index < -0.39 is 5.54 Å². The van der Waals surface area contributed by atoms with Gasteiger partial charge in [0.1, 0.15) is 11.2 Å². The molecule has 3 aromatic rings. The predicted octanol–water partition coefficient (Wildman–Crippen LogP) is 4.26. The Morgan fingerprint density at radius 3 is 2.68 bits per heavy atom. The van der Waals surface area contributed by atoms with Crippen molar-refractivity contribution < 1.29 is 9.59 Å². The van der Waals surface area contributed by atoms with E-state index in [1.165, 1.54) is 4.90 Å². The van der Waals surface area contributed by atoms with Gasteiger partial charge in [0.15, 0.2) is 4.34 Å². The molecule has 1 fully saturated rings. The fourth-order valence-electron chi connectivity index (χ4n) is 2.98. The molecular formula is C20H19BrN6O2S2. The number of rotatable bonds is 7. The number of carbonyl (C=O) groups excluding carboxylic acids is 2. The Kier molecular flexibility index (Phi) is 6.26. The van der Waals surface area contributed by atoms with Crippen LogP contribution in [-0.4, -0.2) is 50.4 Å². The lowest BCUT2D eigenvalue weighted by Gasteiger charge is -2.27. The maximum atomic E-state index is 12.0. The lowest BCUT2D eigenvalue weighted by atomic mass is 10.0. The van der Waals surface area contributed by atoms with E-state index in [1.54, 1.807) is 49.3 Å². The number of nitrogens with one attached hydrogen (secondary N) is 2. The normalized spacial score (nSPS) is 15.3. The Morgan fingerprint density at radius 2 is 1.97 bits per heavy atom. The van der Waals surface area contributed by atoms with Gasteiger partial charge in [-0.1, -0.05) is 30.0 Å². The van der Waals surface area contributed by atoms with Gasteiger partial charge in [0.25, 0.3) is 5.91 Å². The summed E-state index contributed by atoms with van der Waals surface area (Å²) >= 11 is 6.67. The molecular weight excluding hydrogens is 500 g/mol.